The van der Waals surface area contributed by atoms with E-state index in [2.05, 4.69) is 30.8 Å². The molecule has 0 unspecified atom stereocenters. The molecule has 0 aliphatic heterocycles. The molecule has 9 heteroatoms. The predicted molar refractivity (Wildman–Crippen MR) is 91.4 cm³/mol. The first-order valence-corrected chi connectivity index (χ1v) is 7.73. The van der Waals surface area contributed by atoms with Crippen molar-refractivity contribution in [1.82, 2.24) is 25.5 Å². The lowest BCUT2D eigenvalue weighted by molar-refractivity contribution is 0.0950. The van der Waals surface area contributed by atoms with Gasteiger partial charge < -0.3 is 15.1 Å². The minimum absolute atomic E-state index is 0.226. The predicted octanol–water partition coefficient (Wildman–Crippen LogP) is 1.21. The van der Waals surface area contributed by atoms with Gasteiger partial charge >= 0.3 is 0 Å². The van der Waals surface area contributed by atoms with E-state index in [0.29, 0.717) is 36.2 Å². The van der Waals surface area contributed by atoms with E-state index >= 15 is 0 Å². The summed E-state index contributed by atoms with van der Waals surface area (Å²) >= 11 is 0. The molecular weight excluding hydrogens is 324 g/mol. The molecular formula is C16H18N6O3. The fourth-order valence-corrected chi connectivity index (χ4v) is 2.25. The third-order valence-electron chi connectivity index (χ3n) is 3.39. The molecule has 0 radical (unpaired) electrons. The van der Waals surface area contributed by atoms with Crippen molar-refractivity contribution in [3.05, 3.63) is 51.8 Å². The average Bonchev–Trinajstić information content (AvgIpc) is 3.19. The lowest BCUT2D eigenvalue weighted by Gasteiger charge is -2.06. The Kier molecular flexibility index (Phi) is 4.64. The van der Waals surface area contributed by atoms with Crippen LogP contribution >= 0.6 is 0 Å². The number of carbonyl (C=O) groups excluding carboxylic acids is 1. The smallest absolute Gasteiger partial charge is 0.271 e. The third kappa shape index (κ3) is 4.14. The highest BCUT2D eigenvalue weighted by molar-refractivity contribution is 5.93. The second kappa shape index (κ2) is 7.04. The molecule has 4 N–H and O–H groups in total. The van der Waals surface area contributed by atoms with Crippen molar-refractivity contribution in [3.8, 4) is 11.5 Å². The van der Waals surface area contributed by atoms with Crippen molar-refractivity contribution in [2.75, 3.05) is 18.4 Å². The van der Waals surface area contributed by atoms with Crippen LogP contribution in [0.5, 0.6) is 0 Å². The number of anilines is 1. The topological polar surface area (TPSA) is 129 Å². The summed E-state index contributed by atoms with van der Waals surface area (Å²) in [6.07, 6.45) is 0. The Hall–Kier alpha value is -3.36. The van der Waals surface area contributed by atoms with E-state index in [0.717, 1.165) is 5.76 Å². The second-order valence-corrected chi connectivity index (χ2v) is 5.50. The van der Waals surface area contributed by atoms with Crippen molar-refractivity contribution in [3.63, 3.8) is 0 Å². The van der Waals surface area contributed by atoms with Crippen LogP contribution in [0.1, 0.15) is 21.9 Å². The molecule has 0 aromatic carbocycles. The summed E-state index contributed by atoms with van der Waals surface area (Å²) in [7, 11) is 0. The van der Waals surface area contributed by atoms with Crippen LogP contribution in [0, 0.1) is 13.8 Å². The first-order chi connectivity index (χ1) is 12.0. The summed E-state index contributed by atoms with van der Waals surface area (Å²) in [5, 5.41) is 12.4. The number of rotatable bonds is 6. The zero-order chi connectivity index (χ0) is 17.8. The Balaban J connectivity index is 1.51. The molecule has 3 rings (SSSR count). The van der Waals surface area contributed by atoms with Crippen LogP contribution in [0.15, 0.2) is 33.5 Å². The molecule has 0 bridgehead atoms. The van der Waals surface area contributed by atoms with Gasteiger partial charge in [0.25, 0.3) is 11.5 Å². The molecule has 0 saturated heterocycles. The lowest BCUT2D eigenvalue weighted by Crippen LogP contribution is -2.29. The third-order valence-corrected chi connectivity index (χ3v) is 3.39. The number of aryl methyl sites for hydroxylation is 2. The Labute approximate surface area is 142 Å². The molecule has 3 aromatic heterocycles. The molecule has 3 heterocycles. The molecule has 0 saturated carbocycles. The van der Waals surface area contributed by atoms with Gasteiger partial charge in [-0.15, -0.1) is 0 Å². The zero-order valence-corrected chi connectivity index (χ0v) is 13.8. The highest BCUT2D eigenvalue weighted by Gasteiger charge is 2.12. The number of nitrogens with one attached hydrogen (secondary N) is 4. The van der Waals surface area contributed by atoms with Crippen LogP contribution in [-0.4, -0.2) is 39.2 Å². The summed E-state index contributed by atoms with van der Waals surface area (Å²) in [6.45, 7) is 4.33. The molecule has 0 atom stereocenters. The van der Waals surface area contributed by atoms with Crippen molar-refractivity contribution in [2.45, 2.75) is 13.8 Å². The van der Waals surface area contributed by atoms with Gasteiger partial charge in [0.2, 0.25) is 5.95 Å². The first kappa shape index (κ1) is 16.5. The molecule has 0 spiro atoms. The van der Waals surface area contributed by atoms with Gasteiger partial charge in [-0.05, 0) is 26.0 Å². The Bertz CT molecular complexity index is 939. The molecule has 3 aromatic rings. The summed E-state index contributed by atoms with van der Waals surface area (Å²) < 4.78 is 5.48. The largest absolute Gasteiger partial charge is 0.460 e. The van der Waals surface area contributed by atoms with Crippen LogP contribution in [-0.2, 0) is 0 Å². The van der Waals surface area contributed by atoms with Gasteiger partial charge in [0, 0.05) is 30.9 Å². The Morgan fingerprint density at radius 3 is 2.80 bits per heavy atom. The van der Waals surface area contributed by atoms with Crippen molar-refractivity contribution in [2.24, 2.45) is 0 Å². The number of H-pyrrole nitrogens is 2. The number of hydrogen-bond acceptors (Lipinski definition) is 6. The average molecular weight is 342 g/mol. The van der Waals surface area contributed by atoms with Gasteiger partial charge in [0.05, 0.1) is 0 Å². The lowest BCUT2D eigenvalue weighted by atomic mass is 10.3. The van der Waals surface area contributed by atoms with Gasteiger partial charge in [-0.25, -0.2) is 4.98 Å². The van der Waals surface area contributed by atoms with Crippen LogP contribution in [0.25, 0.3) is 11.5 Å². The second-order valence-electron chi connectivity index (χ2n) is 5.50. The Morgan fingerprint density at radius 2 is 2.08 bits per heavy atom. The maximum absolute atomic E-state index is 12.1. The molecule has 0 aliphatic carbocycles. The number of amides is 1. The van der Waals surface area contributed by atoms with Crippen LogP contribution in [0.4, 0.5) is 5.95 Å². The molecule has 0 aliphatic rings. The molecule has 1 amide bonds. The summed E-state index contributed by atoms with van der Waals surface area (Å²) in [5.74, 6) is 1.47. The van der Waals surface area contributed by atoms with Crippen molar-refractivity contribution in [1.29, 1.82) is 0 Å². The van der Waals surface area contributed by atoms with E-state index in [9.17, 15) is 9.59 Å². The van der Waals surface area contributed by atoms with Crippen LogP contribution < -0.4 is 16.2 Å². The van der Waals surface area contributed by atoms with Gasteiger partial charge in [0.15, 0.2) is 11.5 Å². The first-order valence-electron chi connectivity index (χ1n) is 7.73. The van der Waals surface area contributed by atoms with E-state index in [1.165, 1.54) is 6.07 Å². The van der Waals surface area contributed by atoms with E-state index in [1.54, 1.807) is 13.0 Å². The Morgan fingerprint density at radius 1 is 1.24 bits per heavy atom. The number of aromatic amines is 2. The summed E-state index contributed by atoms with van der Waals surface area (Å²) in [6, 6.07) is 6.68. The normalized spacial score (nSPS) is 10.6. The number of nitrogens with zero attached hydrogens (tertiary/aromatic N) is 2. The highest BCUT2D eigenvalue weighted by Crippen LogP contribution is 2.20. The van der Waals surface area contributed by atoms with Crippen molar-refractivity contribution >= 4 is 11.9 Å². The summed E-state index contributed by atoms with van der Waals surface area (Å²) in [4.78, 5) is 30.1. The zero-order valence-electron chi connectivity index (χ0n) is 13.8. The quantitative estimate of drug-likeness (QED) is 0.498. The fourth-order valence-electron chi connectivity index (χ4n) is 2.25. The van der Waals surface area contributed by atoms with Gasteiger partial charge in [-0.1, -0.05) is 0 Å². The number of carbonyl (C=O) groups is 1. The molecule has 0 fully saturated rings. The standard InChI is InChI=1S/C16H18N6O3/c1-9-7-14(23)20-16(19-9)18-6-5-17-15(24)12-8-11(21-22-12)13-4-3-10(2)25-13/h3-4,7-8H,5-6H2,1-2H3,(H,17,24)(H,21,22)(H2,18,19,20,23). The number of furan rings is 1. The van der Waals surface area contributed by atoms with Gasteiger partial charge in [0.1, 0.15) is 11.5 Å². The maximum Gasteiger partial charge on any atom is 0.271 e. The van der Waals surface area contributed by atoms with E-state index in [1.807, 2.05) is 19.1 Å². The van der Waals surface area contributed by atoms with Crippen LogP contribution in [0.3, 0.4) is 0 Å². The SMILES string of the molecule is Cc1cc(=O)[nH]c(NCCNC(=O)c2cc(-c3ccc(C)o3)[nH]n2)n1. The number of aromatic nitrogens is 4. The maximum atomic E-state index is 12.1. The van der Waals surface area contributed by atoms with Gasteiger partial charge in [-0.2, -0.15) is 5.10 Å². The summed E-state index contributed by atoms with van der Waals surface area (Å²) in [5.41, 5.74) is 1.30. The van der Waals surface area contributed by atoms with Gasteiger partial charge in [-0.3, -0.25) is 19.7 Å². The molecule has 9 nitrogen and oxygen atoms in total. The minimum atomic E-state index is -0.307. The minimum Gasteiger partial charge on any atom is -0.460 e. The van der Waals surface area contributed by atoms with Crippen molar-refractivity contribution < 1.29 is 9.21 Å². The molecule has 130 valence electrons. The fraction of sp³-hybridized carbons (Fsp3) is 0.250. The van der Waals surface area contributed by atoms with E-state index < -0.39 is 0 Å². The van der Waals surface area contributed by atoms with E-state index in [4.69, 9.17) is 4.42 Å². The number of hydrogen-bond donors (Lipinski definition) is 4. The highest BCUT2D eigenvalue weighted by atomic mass is 16.3. The van der Waals surface area contributed by atoms with E-state index in [-0.39, 0.29) is 17.2 Å². The monoisotopic (exact) mass is 342 g/mol. The van der Waals surface area contributed by atoms with Crippen LogP contribution in [0.2, 0.25) is 0 Å². The molecule has 25 heavy (non-hydrogen) atoms.